The monoisotopic (exact) mass is 505 g/mol. The lowest BCUT2D eigenvalue weighted by molar-refractivity contribution is -0.139. The molecule has 0 radical (unpaired) electrons. The molecule has 1 atom stereocenters. The summed E-state index contributed by atoms with van der Waals surface area (Å²) in [6, 6.07) is 10.4. The van der Waals surface area contributed by atoms with E-state index in [0.717, 1.165) is 16.1 Å². The van der Waals surface area contributed by atoms with Crippen molar-refractivity contribution in [2.24, 2.45) is 0 Å². The highest BCUT2D eigenvalue weighted by atomic mass is 35.5. The molecular weight excluding hydrogens is 485 g/mol. The molecule has 0 aromatic heterocycles. The number of amides is 2. The van der Waals surface area contributed by atoms with Crippen LogP contribution in [-0.4, -0.2) is 51.0 Å². The molecule has 31 heavy (non-hydrogen) atoms. The zero-order valence-electron chi connectivity index (χ0n) is 17.1. The fourth-order valence-electron chi connectivity index (χ4n) is 2.86. The van der Waals surface area contributed by atoms with Crippen LogP contribution >= 0.6 is 34.8 Å². The average Bonchev–Trinajstić information content (AvgIpc) is 2.71. The minimum absolute atomic E-state index is 0.00555. The molecule has 168 valence electrons. The van der Waals surface area contributed by atoms with Gasteiger partial charge < -0.3 is 10.2 Å². The molecule has 2 amide bonds. The highest BCUT2D eigenvalue weighted by Gasteiger charge is 2.30. The predicted molar refractivity (Wildman–Crippen MR) is 124 cm³/mol. The zero-order valence-corrected chi connectivity index (χ0v) is 20.2. The van der Waals surface area contributed by atoms with Crippen LogP contribution in [0, 0.1) is 0 Å². The number of hydrogen-bond donors (Lipinski definition) is 1. The molecule has 2 rings (SSSR count). The first kappa shape index (κ1) is 25.3. The van der Waals surface area contributed by atoms with Crippen molar-refractivity contribution in [3.05, 3.63) is 63.1 Å². The molecule has 0 aliphatic rings. The van der Waals surface area contributed by atoms with Gasteiger partial charge in [0.1, 0.15) is 12.6 Å². The average molecular weight is 507 g/mol. The Bertz CT molecular complexity index is 1060. The Balaban J connectivity index is 2.42. The number of carbonyl (C=O) groups excluding carboxylic acids is 2. The van der Waals surface area contributed by atoms with Crippen molar-refractivity contribution in [2.75, 3.05) is 24.2 Å². The van der Waals surface area contributed by atoms with E-state index in [-0.39, 0.29) is 22.3 Å². The van der Waals surface area contributed by atoms with E-state index in [0.29, 0.717) is 5.02 Å². The van der Waals surface area contributed by atoms with E-state index in [1.165, 1.54) is 30.1 Å². The van der Waals surface area contributed by atoms with Gasteiger partial charge in [-0.15, -0.1) is 0 Å². The summed E-state index contributed by atoms with van der Waals surface area (Å²) >= 11 is 18.1. The quantitative estimate of drug-likeness (QED) is 0.593. The minimum atomic E-state index is -3.89. The van der Waals surface area contributed by atoms with Gasteiger partial charge in [-0.25, -0.2) is 8.42 Å². The molecule has 0 saturated carbocycles. The number of carbonyl (C=O) groups is 2. The molecule has 0 bridgehead atoms. The second kappa shape index (κ2) is 10.5. The molecule has 0 aliphatic carbocycles. The van der Waals surface area contributed by atoms with E-state index in [2.05, 4.69) is 5.32 Å². The molecule has 2 aromatic rings. The van der Waals surface area contributed by atoms with E-state index >= 15 is 0 Å². The van der Waals surface area contributed by atoms with Crippen molar-refractivity contribution in [1.82, 2.24) is 10.2 Å². The van der Waals surface area contributed by atoms with Crippen LogP contribution in [0.5, 0.6) is 0 Å². The van der Waals surface area contributed by atoms with Crippen molar-refractivity contribution in [3.8, 4) is 0 Å². The number of benzene rings is 2. The van der Waals surface area contributed by atoms with Gasteiger partial charge in [0, 0.05) is 18.6 Å². The van der Waals surface area contributed by atoms with Gasteiger partial charge in [-0.05, 0) is 36.8 Å². The van der Waals surface area contributed by atoms with E-state index in [9.17, 15) is 18.0 Å². The molecule has 0 aliphatic heterocycles. The predicted octanol–water partition coefficient (Wildman–Crippen LogP) is 3.58. The maximum absolute atomic E-state index is 13.2. The Kier molecular flexibility index (Phi) is 8.59. The van der Waals surface area contributed by atoms with Crippen molar-refractivity contribution < 1.29 is 18.0 Å². The van der Waals surface area contributed by atoms with Crippen molar-refractivity contribution in [1.29, 1.82) is 0 Å². The number of hydrogen-bond acceptors (Lipinski definition) is 4. The molecule has 7 nitrogen and oxygen atoms in total. The number of rotatable bonds is 8. The van der Waals surface area contributed by atoms with Gasteiger partial charge in [0.15, 0.2) is 0 Å². The SMILES string of the molecule is CNC(=O)[C@@H](C)N(Cc1ccc(Cl)cc1)C(=O)CN(c1cccc(Cl)c1Cl)S(C)(=O)=O. The first-order chi connectivity index (χ1) is 14.5. The van der Waals surface area contributed by atoms with Gasteiger partial charge in [0.05, 0.1) is 22.0 Å². The van der Waals surface area contributed by atoms with Gasteiger partial charge in [-0.1, -0.05) is 53.0 Å². The van der Waals surface area contributed by atoms with Crippen LogP contribution in [0.2, 0.25) is 15.1 Å². The third-order valence-corrected chi connectivity index (χ3v) is 6.75. The smallest absolute Gasteiger partial charge is 0.244 e. The molecule has 2 aromatic carbocycles. The number of nitrogens with zero attached hydrogens (tertiary/aromatic N) is 2. The van der Waals surface area contributed by atoms with E-state index in [1.54, 1.807) is 31.2 Å². The molecule has 0 unspecified atom stereocenters. The number of likely N-dealkylation sites (N-methyl/N-ethyl adjacent to an activating group) is 1. The Labute approximate surface area is 196 Å². The largest absolute Gasteiger partial charge is 0.357 e. The van der Waals surface area contributed by atoms with Gasteiger partial charge in [-0.2, -0.15) is 0 Å². The van der Waals surface area contributed by atoms with Crippen LogP contribution in [-0.2, 0) is 26.2 Å². The Morgan fingerprint density at radius 2 is 1.68 bits per heavy atom. The normalized spacial score (nSPS) is 12.2. The molecule has 0 saturated heterocycles. The first-order valence-corrected chi connectivity index (χ1v) is 12.1. The Morgan fingerprint density at radius 1 is 1.06 bits per heavy atom. The van der Waals surface area contributed by atoms with Crippen molar-refractivity contribution in [3.63, 3.8) is 0 Å². The first-order valence-electron chi connectivity index (χ1n) is 9.13. The van der Waals surface area contributed by atoms with E-state index < -0.39 is 34.4 Å². The second-order valence-electron chi connectivity index (χ2n) is 6.78. The maximum atomic E-state index is 13.2. The molecule has 0 fully saturated rings. The third kappa shape index (κ3) is 6.49. The summed E-state index contributed by atoms with van der Waals surface area (Å²) in [5, 5.41) is 3.19. The number of sulfonamides is 1. The fourth-order valence-corrected chi connectivity index (χ4v) is 4.29. The lowest BCUT2D eigenvalue weighted by Gasteiger charge is -2.31. The molecular formula is C20H22Cl3N3O4S. The maximum Gasteiger partial charge on any atom is 0.244 e. The van der Waals surface area contributed by atoms with Gasteiger partial charge in [0.25, 0.3) is 0 Å². The number of halogens is 3. The Hall–Kier alpha value is -2.00. The summed E-state index contributed by atoms with van der Waals surface area (Å²) in [6.07, 6.45) is 0.962. The summed E-state index contributed by atoms with van der Waals surface area (Å²) in [4.78, 5) is 26.8. The van der Waals surface area contributed by atoms with Crippen LogP contribution in [0.1, 0.15) is 12.5 Å². The summed E-state index contributed by atoms with van der Waals surface area (Å²) in [5.41, 5.74) is 0.796. The van der Waals surface area contributed by atoms with E-state index in [1.807, 2.05) is 0 Å². The van der Waals surface area contributed by atoms with Crippen LogP contribution in [0.25, 0.3) is 0 Å². The lowest BCUT2D eigenvalue weighted by atomic mass is 10.1. The number of anilines is 1. The zero-order chi connectivity index (χ0) is 23.3. The molecule has 1 N–H and O–H groups in total. The van der Waals surface area contributed by atoms with Gasteiger partial charge >= 0.3 is 0 Å². The van der Waals surface area contributed by atoms with E-state index in [4.69, 9.17) is 34.8 Å². The van der Waals surface area contributed by atoms with Gasteiger partial charge in [0.2, 0.25) is 21.8 Å². The molecule has 0 spiro atoms. The van der Waals surface area contributed by atoms with Crippen LogP contribution in [0.3, 0.4) is 0 Å². The summed E-state index contributed by atoms with van der Waals surface area (Å²) in [5.74, 6) is -0.985. The van der Waals surface area contributed by atoms with Crippen molar-refractivity contribution in [2.45, 2.75) is 19.5 Å². The fraction of sp³-hybridized carbons (Fsp3) is 0.300. The molecule has 0 heterocycles. The second-order valence-corrected chi connectivity index (χ2v) is 9.91. The summed E-state index contributed by atoms with van der Waals surface area (Å²) in [6.45, 7) is 1.07. The summed E-state index contributed by atoms with van der Waals surface area (Å²) < 4.78 is 25.8. The highest BCUT2D eigenvalue weighted by Crippen LogP contribution is 2.33. The third-order valence-electron chi connectivity index (χ3n) is 4.56. The summed E-state index contributed by atoms with van der Waals surface area (Å²) in [7, 11) is -2.43. The van der Waals surface area contributed by atoms with Crippen LogP contribution < -0.4 is 9.62 Å². The Morgan fingerprint density at radius 3 is 2.23 bits per heavy atom. The van der Waals surface area contributed by atoms with Crippen LogP contribution in [0.15, 0.2) is 42.5 Å². The van der Waals surface area contributed by atoms with Gasteiger partial charge in [-0.3, -0.25) is 13.9 Å². The molecule has 11 heteroatoms. The topological polar surface area (TPSA) is 86.8 Å². The van der Waals surface area contributed by atoms with Crippen LogP contribution in [0.4, 0.5) is 5.69 Å². The van der Waals surface area contributed by atoms with Crippen molar-refractivity contribution >= 4 is 62.3 Å². The lowest BCUT2D eigenvalue weighted by Crippen LogP contribution is -2.50. The minimum Gasteiger partial charge on any atom is -0.357 e. The number of nitrogens with one attached hydrogen (secondary N) is 1. The highest BCUT2D eigenvalue weighted by molar-refractivity contribution is 7.92. The standard InChI is InChI=1S/C20H22Cl3N3O4S/c1-13(20(28)24-2)25(11-14-7-9-15(21)10-8-14)18(27)12-26(31(3,29)30)17-6-4-5-16(22)19(17)23/h4-10,13H,11-12H2,1-3H3,(H,24,28)/t13-/m1/s1.